The molecule has 0 saturated carbocycles. The lowest BCUT2D eigenvalue weighted by atomic mass is 9.89. The van der Waals surface area contributed by atoms with Crippen molar-refractivity contribution in [3.63, 3.8) is 0 Å². The van der Waals surface area contributed by atoms with Gasteiger partial charge < -0.3 is 18.9 Å². The Morgan fingerprint density at radius 2 is 1.19 bits per heavy atom. The highest BCUT2D eigenvalue weighted by atomic mass is 16.5. The van der Waals surface area contributed by atoms with Crippen molar-refractivity contribution in [3.05, 3.63) is 58.3 Å². The minimum atomic E-state index is -0.761. The third kappa shape index (κ3) is 8.70. The number of esters is 2. The maximum absolute atomic E-state index is 13.7. The first-order chi connectivity index (χ1) is 19.3. The number of hydrogen-bond acceptors (Lipinski definition) is 7. The zero-order valence-corrected chi connectivity index (χ0v) is 27.6. The summed E-state index contributed by atoms with van der Waals surface area (Å²) in [4.78, 5) is 39.1. The van der Waals surface area contributed by atoms with E-state index in [9.17, 15) is 14.4 Å². The number of benzene rings is 2. The maximum Gasteiger partial charge on any atom is 0.316 e. The average Bonchev–Trinajstić information content (AvgIpc) is 2.86. The molecule has 0 fully saturated rings. The molecule has 0 aliphatic carbocycles. The first-order valence-corrected chi connectivity index (χ1v) is 14.5. The van der Waals surface area contributed by atoms with E-state index in [1.165, 1.54) is 7.11 Å². The van der Waals surface area contributed by atoms with Crippen molar-refractivity contribution in [2.75, 3.05) is 7.11 Å². The third-order valence-corrected chi connectivity index (χ3v) is 6.39. The highest BCUT2D eigenvalue weighted by molar-refractivity contribution is 6.10. The van der Waals surface area contributed by atoms with Crippen LogP contribution in [0.1, 0.15) is 122 Å². The van der Waals surface area contributed by atoms with Crippen molar-refractivity contribution in [1.82, 2.24) is 0 Å². The van der Waals surface area contributed by atoms with Gasteiger partial charge in [-0.3, -0.25) is 14.4 Å². The monoisotopic (exact) mass is 580 g/mol. The lowest BCUT2D eigenvalue weighted by Gasteiger charge is -2.26. The van der Waals surface area contributed by atoms with Crippen LogP contribution in [0, 0.1) is 10.8 Å². The quantitative estimate of drug-likeness (QED) is 0.0915. The molecule has 0 N–H and O–H groups in total. The minimum absolute atomic E-state index is 0.00979. The predicted molar refractivity (Wildman–Crippen MR) is 166 cm³/mol. The number of Topliss-reactive ketones (excluding diaryl/α,β-unsaturated/α-hetero) is 1. The Hall–Kier alpha value is -3.61. The fourth-order valence-corrected chi connectivity index (χ4v) is 3.85. The maximum atomic E-state index is 13.7. The van der Waals surface area contributed by atoms with Crippen LogP contribution >= 0.6 is 0 Å². The van der Waals surface area contributed by atoms with E-state index in [4.69, 9.17) is 18.9 Å². The molecule has 7 nitrogen and oxygen atoms in total. The van der Waals surface area contributed by atoms with Crippen LogP contribution in [0.5, 0.6) is 17.2 Å². The van der Waals surface area contributed by atoms with E-state index in [2.05, 4.69) is 13.8 Å². The topological polar surface area (TPSA) is 88.1 Å². The summed E-state index contributed by atoms with van der Waals surface area (Å²) in [6.07, 6.45) is 1.41. The minimum Gasteiger partial charge on any atom is -0.493 e. The second-order valence-corrected chi connectivity index (χ2v) is 13.4. The molecule has 42 heavy (non-hydrogen) atoms. The molecule has 0 aliphatic rings. The van der Waals surface area contributed by atoms with Gasteiger partial charge >= 0.3 is 11.9 Å². The highest BCUT2D eigenvalue weighted by Gasteiger charge is 2.30. The molecule has 230 valence electrons. The fraction of sp³-hybridized carbons (Fsp3) is 0.514. The largest absolute Gasteiger partial charge is 0.493 e. The summed E-state index contributed by atoms with van der Waals surface area (Å²) in [6.45, 7) is 22.7. The molecule has 0 spiro atoms. The van der Waals surface area contributed by atoms with E-state index < -0.39 is 22.6 Å². The van der Waals surface area contributed by atoms with Gasteiger partial charge in [0.25, 0.3) is 0 Å². The van der Waals surface area contributed by atoms with Crippen molar-refractivity contribution in [1.29, 1.82) is 0 Å². The Kier molecular flexibility index (Phi) is 11.2. The molecule has 0 amide bonds. The van der Waals surface area contributed by atoms with Gasteiger partial charge in [0.2, 0.25) is 5.78 Å². The zero-order valence-electron chi connectivity index (χ0n) is 27.6. The number of carbonyl (C=O) groups excluding carboxylic acids is 3. The highest BCUT2D eigenvalue weighted by Crippen LogP contribution is 2.44. The normalized spacial score (nSPS) is 12.5. The van der Waals surface area contributed by atoms with Crippen LogP contribution in [0.15, 0.2) is 36.1 Å². The Morgan fingerprint density at radius 3 is 1.62 bits per heavy atom. The number of rotatable bonds is 10. The molecule has 0 atom stereocenters. The summed E-state index contributed by atoms with van der Waals surface area (Å²) in [5.74, 6) is 0.172. The second kappa shape index (κ2) is 13.6. The Balaban J connectivity index is 2.78. The third-order valence-electron chi connectivity index (χ3n) is 6.39. The molecule has 0 bridgehead atoms. The Morgan fingerprint density at radius 1 is 0.714 bits per heavy atom. The van der Waals surface area contributed by atoms with Gasteiger partial charge in [0.05, 0.1) is 29.6 Å². The second-order valence-electron chi connectivity index (χ2n) is 13.4. The molecular weight excluding hydrogens is 532 g/mol. The van der Waals surface area contributed by atoms with Gasteiger partial charge in [0, 0.05) is 5.56 Å². The molecule has 2 aromatic rings. The number of methoxy groups -OCH3 is 1. The van der Waals surface area contributed by atoms with Gasteiger partial charge in [-0.1, -0.05) is 27.7 Å². The van der Waals surface area contributed by atoms with Crippen molar-refractivity contribution >= 4 is 23.8 Å². The lowest BCUT2D eigenvalue weighted by Crippen LogP contribution is -2.26. The number of allylic oxidation sites excluding steroid dienone is 1. The van der Waals surface area contributed by atoms with E-state index >= 15 is 0 Å². The van der Waals surface area contributed by atoms with Gasteiger partial charge in [-0.2, -0.15) is 0 Å². The Bertz CT molecular complexity index is 1320. The SMILES string of the molecule is COC(=Cc1c(OC(=O)C(C)(C)C)c(C(C)C)cc(C(C)C)c1OC(C)C)C(=O)c1ccc(OC(=O)C(C)(C)C)cc1. The van der Waals surface area contributed by atoms with Crippen LogP contribution in [0.4, 0.5) is 0 Å². The Labute approximate surface area is 251 Å². The molecule has 0 unspecified atom stereocenters. The number of hydrogen-bond donors (Lipinski definition) is 0. The fourth-order valence-electron chi connectivity index (χ4n) is 3.85. The predicted octanol–water partition coefficient (Wildman–Crippen LogP) is 8.49. The van der Waals surface area contributed by atoms with Crippen molar-refractivity contribution < 1.29 is 33.3 Å². The standard InChI is InChI=1S/C35H48O7/c1-20(2)25-18-26(21(3)4)31(42-33(38)35(10,11)12)27(30(25)40-22(5)6)19-28(39-13)29(36)23-14-16-24(17-15-23)41-32(37)34(7,8)9/h14-22H,1-13H3. The first-order valence-electron chi connectivity index (χ1n) is 14.5. The van der Waals surface area contributed by atoms with Gasteiger partial charge in [-0.15, -0.1) is 0 Å². The van der Waals surface area contributed by atoms with E-state index in [1.807, 2.05) is 33.8 Å². The van der Waals surface area contributed by atoms with Crippen LogP contribution in [0.25, 0.3) is 6.08 Å². The summed E-state index contributed by atoms with van der Waals surface area (Å²) < 4.78 is 23.5. The molecule has 0 aliphatic heterocycles. The van der Waals surface area contributed by atoms with Gasteiger partial charge in [0.1, 0.15) is 17.2 Å². The number of ketones is 1. The van der Waals surface area contributed by atoms with E-state index in [0.29, 0.717) is 28.4 Å². The van der Waals surface area contributed by atoms with E-state index in [1.54, 1.807) is 71.9 Å². The summed E-state index contributed by atoms with van der Waals surface area (Å²) in [7, 11) is 1.42. The van der Waals surface area contributed by atoms with E-state index in [0.717, 1.165) is 11.1 Å². The summed E-state index contributed by atoms with van der Waals surface area (Å²) in [5.41, 5.74) is 1.14. The molecule has 0 saturated heterocycles. The molecule has 7 heteroatoms. The van der Waals surface area contributed by atoms with Gasteiger partial charge in [0.15, 0.2) is 5.76 Å². The molecule has 2 aromatic carbocycles. The van der Waals surface area contributed by atoms with Crippen LogP contribution < -0.4 is 14.2 Å². The van der Waals surface area contributed by atoms with E-state index in [-0.39, 0.29) is 29.7 Å². The number of ether oxygens (including phenoxy) is 4. The van der Waals surface area contributed by atoms with Gasteiger partial charge in [-0.05, 0) is 115 Å². The van der Waals surface area contributed by atoms with Crippen molar-refractivity contribution in [2.24, 2.45) is 10.8 Å². The van der Waals surface area contributed by atoms with Crippen LogP contribution in [0.2, 0.25) is 0 Å². The van der Waals surface area contributed by atoms with Crippen molar-refractivity contribution in [3.8, 4) is 17.2 Å². The number of carbonyl (C=O) groups is 3. The summed E-state index contributed by atoms with van der Waals surface area (Å²) in [6, 6.07) is 8.34. The van der Waals surface area contributed by atoms with Gasteiger partial charge in [-0.25, -0.2) is 0 Å². The lowest BCUT2D eigenvalue weighted by molar-refractivity contribution is -0.143. The first kappa shape index (κ1) is 34.6. The molecule has 0 aromatic heterocycles. The van der Waals surface area contributed by atoms with Crippen LogP contribution in [-0.2, 0) is 14.3 Å². The average molecular weight is 581 g/mol. The molecule has 0 radical (unpaired) electrons. The van der Waals surface area contributed by atoms with Crippen molar-refractivity contribution in [2.45, 2.75) is 101 Å². The summed E-state index contributed by atoms with van der Waals surface area (Å²) >= 11 is 0. The van der Waals surface area contributed by atoms with Crippen LogP contribution in [-0.4, -0.2) is 30.9 Å². The van der Waals surface area contributed by atoms with Crippen LogP contribution in [0.3, 0.4) is 0 Å². The molecule has 2 rings (SSSR count). The molecular formula is C35H48O7. The smallest absolute Gasteiger partial charge is 0.316 e. The summed E-state index contributed by atoms with van der Waals surface area (Å²) in [5, 5.41) is 0. The molecule has 0 heterocycles. The zero-order chi connectivity index (χ0) is 32.2.